The van der Waals surface area contributed by atoms with E-state index in [2.05, 4.69) is 21.1 Å². The second-order valence-corrected chi connectivity index (χ2v) is 13.0. The lowest BCUT2D eigenvalue weighted by molar-refractivity contribution is -0.125. The predicted octanol–water partition coefficient (Wildman–Crippen LogP) is 2.58. The van der Waals surface area contributed by atoms with Crippen LogP contribution in [0.25, 0.3) is 0 Å². The van der Waals surface area contributed by atoms with Crippen molar-refractivity contribution in [2.45, 2.75) is 87.6 Å². The Bertz CT molecular complexity index is 886. The molecule has 4 aliphatic carbocycles. The molecule has 4 saturated carbocycles. The van der Waals surface area contributed by atoms with Gasteiger partial charge >= 0.3 is 0 Å². The molecule has 5 rings (SSSR count). The van der Waals surface area contributed by atoms with Gasteiger partial charge in [0.25, 0.3) is 11.8 Å². The van der Waals surface area contributed by atoms with Crippen LogP contribution in [-0.2, 0) is 4.79 Å². The Hall–Kier alpha value is -1.78. The minimum Gasteiger partial charge on any atom is -0.472 e. The summed E-state index contributed by atoms with van der Waals surface area (Å²) < 4.78 is 11.5. The van der Waals surface area contributed by atoms with Gasteiger partial charge in [0.1, 0.15) is 17.5 Å². The first-order valence-corrected chi connectivity index (χ1v) is 13.7. The Labute approximate surface area is 211 Å². The first kappa shape index (κ1) is 26.3. The minimum absolute atomic E-state index is 0.120. The van der Waals surface area contributed by atoms with Crippen LogP contribution in [0.15, 0.2) is 9.42 Å². The summed E-state index contributed by atoms with van der Waals surface area (Å²) >= 11 is 1.48. The number of carbonyl (C=O) groups excluding carboxylic acids is 2. The van der Waals surface area contributed by atoms with Gasteiger partial charge in [0, 0.05) is 11.3 Å². The SMILES string of the molecule is CN[C@@H](CO)C(=O)NC(C)(C)COc1noc(C(=O)NC2C3CC4CC(C3)CC2C4)c1SC(C)C. The lowest BCUT2D eigenvalue weighted by Gasteiger charge is -2.54. The van der Waals surface area contributed by atoms with Gasteiger partial charge in [0.15, 0.2) is 0 Å². The van der Waals surface area contributed by atoms with Gasteiger partial charge < -0.3 is 30.3 Å². The normalized spacial score (nSPS) is 28.3. The van der Waals surface area contributed by atoms with Gasteiger partial charge in [-0.25, -0.2) is 0 Å². The van der Waals surface area contributed by atoms with Crippen LogP contribution < -0.4 is 20.7 Å². The molecule has 0 unspecified atom stereocenters. The molecule has 10 heteroatoms. The van der Waals surface area contributed by atoms with Crippen LogP contribution in [0, 0.1) is 23.7 Å². The number of amides is 2. The van der Waals surface area contributed by atoms with Gasteiger partial charge in [0.2, 0.25) is 11.7 Å². The van der Waals surface area contributed by atoms with Crippen LogP contribution in [-0.4, -0.2) is 65.2 Å². The summed E-state index contributed by atoms with van der Waals surface area (Å²) in [6.45, 7) is 7.54. The summed E-state index contributed by atoms with van der Waals surface area (Å²) in [7, 11) is 1.62. The van der Waals surface area contributed by atoms with Crippen molar-refractivity contribution in [1.29, 1.82) is 0 Å². The van der Waals surface area contributed by atoms with Crippen LogP contribution >= 0.6 is 11.8 Å². The van der Waals surface area contributed by atoms with Crippen molar-refractivity contribution in [2.24, 2.45) is 23.7 Å². The van der Waals surface area contributed by atoms with Gasteiger partial charge in [-0.3, -0.25) is 9.59 Å². The molecule has 1 atom stereocenters. The third kappa shape index (κ3) is 5.97. The number of hydrogen-bond acceptors (Lipinski definition) is 8. The molecule has 4 N–H and O–H groups in total. The molecule has 0 radical (unpaired) electrons. The molecule has 4 aliphatic rings. The maximum atomic E-state index is 13.3. The third-order valence-electron chi connectivity index (χ3n) is 7.58. The Kier molecular flexibility index (Phi) is 8.02. The lowest BCUT2D eigenvalue weighted by atomic mass is 9.54. The van der Waals surface area contributed by atoms with Gasteiger partial charge in [0.05, 0.1) is 12.1 Å². The number of ether oxygens (including phenoxy) is 1. The summed E-state index contributed by atoms with van der Waals surface area (Å²) in [5.41, 5.74) is -0.733. The summed E-state index contributed by atoms with van der Waals surface area (Å²) in [5, 5.41) is 22.6. The number of hydrogen-bond donors (Lipinski definition) is 4. The lowest BCUT2D eigenvalue weighted by Crippen LogP contribution is -2.55. The number of nitrogens with zero attached hydrogens (tertiary/aromatic N) is 1. The molecule has 2 amide bonds. The number of aliphatic hydroxyl groups excluding tert-OH is 1. The van der Waals surface area contributed by atoms with E-state index in [0.29, 0.717) is 16.7 Å². The van der Waals surface area contributed by atoms with E-state index in [9.17, 15) is 14.7 Å². The largest absolute Gasteiger partial charge is 0.472 e. The number of likely N-dealkylation sites (N-methyl/N-ethyl adjacent to an activating group) is 1. The zero-order valence-electron chi connectivity index (χ0n) is 21.4. The highest BCUT2D eigenvalue weighted by molar-refractivity contribution is 8.00. The first-order valence-electron chi connectivity index (χ1n) is 12.8. The molecule has 0 spiro atoms. The maximum Gasteiger partial charge on any atom is 0.291 e. The van der Waals surface area contributed by atoms with Crippen molar-refractivity contribution in [3.05, 3.63) is 5.76 Å². The van der Waals surface area contributed by atoms with Gasteiger partial charge in [-0.1, -0.05) is 13.8 Å². The van der Waals surface area contributed by atoms with Crippen LogP contribution in [0.3, 0.4) is 0 Å². The summed E-state index contributed by atoms with van der Waals surface area (Å²) in [6.07, 6.45) is 6.27. The fraction of sp³-hybridized carbons (Fsp3) is 0.800. The smallest absolute Gasteiger partial charge is 0.291 e. The van der Waals surface area contributed by atoms with Crippen LogP contribution in [0.5, 0.6) is 5.88 Å². The van der Waals surface area contributed by atoms with E-state index >= 15 is 0 Å². The number of nitrogens with one attached hydrogen (secondary N) is 3. The monoisotopic (exact) mass is 508 g/mol. The number of carbonyl (C=O) groups is 2. The van der Waals surface area contributed by atoms with Crippen molar-refractivity contribution in [2.75, 3.05) is 20.3 Å². The fourth-order valence-electron chi connectivity index (χ4n) is 6.23. The van der Waals surface area contributed by atoms with Crippen LogP contribution in [0.1, 0.15) is 70.4 Å². The molecule has 196 valence electrons. The number of rotatable bonds is 11. The number of aliphatic hydroxyl groups is 1. The van der Waals surface area contributed by atoms with E-state index in [0.717, 1.165) is 11.8 Å². The summed E-state index contributed by atoms with van der Waals surface area (Å²) in [6, 6.07) is -0.490. The van der Waals surface area contributed by atoms with E-state index in [1.54, 1.807) is 7.05 Å². The molecule has 1 aromatic rings. The molecule has 0 aliphatic heterocycles. The van der Waals surface area contributed by atoms with Gasteiger partial charge in [-0.05, 0) is 81.8 Å². The molecule has 35 heavy (non-hydrogen) atoms. The van der Waals surface area contributed by atoms with E-state index in [4.69, 9.17) is 9.26 Å². The van der Waals surface area contributed by atoms with Gasteiger partial charge in [-0.15, -0.1) is 11.8 Å². The fourth-order valence-corrected chi connectivity index (χ4v) is 7.14. The first-order chi connectivity index (χ1) is 16.6. The molecule has 4 fully saturated rings. The molecule has 0 saturated heterocycles. The molecule has 4 bridgehead atoms. The Morgan fingerprint density at radius 1 is 1.17 bits per heavy atom. The van der Waals surface area contributed by atoms with Crippen molar-refractivity contribution in [1.82, 2.24) is 21.1 Å². The van der Waals surface area contributed by atoms with Crippen LogP contribution in [0.4, 0.5) is 0 Å². The summed E-state index contributed by atoms with van der Waals surface area (Å²) in [5.74, 6) is 2.73. The molecular formula is C25H40N4O5S. The van der Waals surface area contributed by atoms with Crippen molar-refractivity contribution in [3.8, 4) is 5.88 Å². The highest BCUT2D eigenvalue weighted by Crippen LogP contribution is 2.53. The second-order valence-electron chi connectivity index (χ2n) is 11.4. The van der Waals surface area contributed by atoms with E-state index in [-0.39, 0.29) is 48.0 Å². The highest BCUT2D eigenvalue weighted by Gasteiger charge is 2.49. The molecule has 0 aromatic carbocycles. The van der Waals surface area contributed by atoms with Crippen LogP contribution in [0.2, 0.25) is 0 Å². The van der Waals surface area contributed by atoms with Crippen molar-refractivity contribution in [3.63, 3.8) is 0 Å². The minimum atomic E-state index is -0.733. The van der Waals surface area contributed by atoms with Gasteiger partial charge in [-0.2, -0.15) is 0 Å². The average Bonchev–Trinajstić information content (AvgIpc) is 3.16. The molecule has 9 nitrogen and oxygen atoms in total. The molecule has 1 aromatic heterocycles. The zero-order valence-corrected chi connectivity index (χ0v) is 22.2. The maximum absolute atomic E-state index is 13.3. The second kappa shape index (κ2) is 10.7. The molecular weight excluding hydrogens is 468 g/mol. The average molecular weight is 509 g/mol. The third-order valence-corrected chi connectivity index (χ3v) is 8.65. The topological polar surface area (TPSA) is 126 Å². The Balaban J connectivity index is 1.43. The highest BCUT2D eigenvalue weighted by atomic mass is 32.2. The van der Waals surface area contributed by atoms with Crippen molar-refractivity contribution >= 4 is 23.6 Å². The summed E-state index contributed by atoms with van der Waals surface area (Å²) in [4.78, 5) is 26.3. The Morgan fingerprint density at radius 2 is 1.80 bits per heavy atom. The van der Waals surface area contributed by atoms with E-state index < -0.39 is 11.6 Å². The standard InChI is InChI=1S/C25H40N4O5S/c1-13(2)35-21-20(23(32)27-19-16-7-14-6-15(9-16)10-17(19)8-14)34-29-24(21)33-12-25(3,4)28-22(31)18(11-30)26-5/h13-19,26,30H,6-12H2,1-5H3,(H,27,32)(H,28,31)/t14?,15?,16?,17?,18-,19?/m0/s1. The Morgan fingerprint density at radius 3 is 2.34 bits per heavy atom. The number of aromatic nitrogens is 1. The van der Waals surface area contributed by atoms with Crippen molar-refractivity contribution < 1.29 is 24.0 Å². The zero-order chi connectivity index (χ0) is 25.3. The van der Waals surface area contributed by atoms with E-state index in [1.165, 1.54) is 43.9 Å². The quantitative estimate of drug-likeness (QED) is 0.336. The van der Waals surface area contributed by atoms with E-state index in [1.807, 2.05) is 27.7 Å². The number of thioether (sulfide) groups is 1. The predicted molar refractivity (Wildman–Crippen MR) is 133 cm³/mol. The molecule has 1 heterocycles.